The molecule has 0 spiro atoms. The van der Waals surface area contributed by atoms with E-state index in [-0.39, 0.29) is 17.3 Å². The van der Waals surface area contributed by atoms with Gasteiger partial charge in [-0.3, -0.25) is 0 Å². The number of rotatable bonds is 8. The molecule has 3 rings (SSSR count). The van der Waals surface area contributed by atoms with Crippen molar-refractivity contribution in [3.63, 3.8) is 0 Å². The van der Waals surface area contributed by atoms with Gasteiger partial charge < -0.3 is 14.7 Å². The van der Waals surface area contributed by atoms with E-state index >= 15 is 0 Å². The first-order valence-corrected chi connectivity index (χ1v) is 9.44. The molecule has 1 aromatic carbocycles. The zero-order chi connectivity index (χ0) is 21.2. The van der Waals surface area contributed by atoms with E-state index in [4.69, 9.17) is 9.84 Å². The summed E-state index contributed by atoms with van der Waals surface area (Å²) in [6.45, 7) is 3.32. The summed E-state index contributed by atoms with van der Waals surface area (Å²) < 4.78 is 45.7. The van der Waals surface area contributed by atoms with Crippen LogP contribution in [0.25, 0.3) is 0 Å². The molecule has 1 aromatic heterocycles. The van der Waals surface area contributed by atoms with E-state index in [1.165, 1.54) is 12.1 Å². The molecule has 0 amide bonds. The van der Waals surface area contributed by atoms with Crippen LogP contribution in [0.2, 0.25) is 0 Å². The first-order valence-electron chi connectivity index (χ1n) is 9.44. The Morgan fingerprint density at radius 1 is 1.24 bits per heavy atom. The molecule has 156 valence electrons. The number of hydrogen-bond donors (Lipinski definition) is 1. The van der Waals surface area contributed by atoms with Gasteiger partial charge in [0.05, 0.1) is 18.5 Å². The van der Waals surface area contributed by atoms with Gasteiger partial charge in [-0.25, -0.2) is 9.78 Å². The summed E-state index contributed by atoms with van der Waals surface area (Å²) >= 11 is 0. The fourth-order valence-corrected chi connectivity index (χ4v) is 2.97. The average molecular weight is 408 g/mol. The smallest absolute Gasteiger partial charge is 0.406 e. The molecule has 1 N–H and O–H groups in total. The second-order valence-corrected chi connectivity index (χ2v) is 7.54. The number of alkyl halides is 3. The van der Waals surface area contributed by atoms with E-state index in [1.807, 2.05) is 13.8 Å². The average Bonchev–Trinajstić information content (AvgIpc) is 3.48. The molecule has 0 bridgehead atoms. The van der Waals surface area contributed by atoms with Crippen molar-refractivity contribution in [2.75, 3.05) is 18.1 Å². The van der Waals surface area contributed by atoms with Crippen molar-refractivity contribution in [3.8, 4) is 5.75 Å². The van der Waals surface area contributed by atoms with Crippen molar-refractivity contribution in [3.05, 3.63) is 47.8 Å². The van der Waals surface area contributed by atoms with Crippen molar-refractivity contribution >= 4 is 17.3 Å². The van der Waals surface area contributed by atoms with E-state index in [9.17, 15) is 18.0 Å². The highest BCUT2D eigenvalue weighted by Crippen LogP contribution is 2.37. The van der Waals surface area contributed by atoms with Crippen LogP contribution in [0.1, 0.15) is 48.7 Å². The summed E-state index contributed by atoms with van der Waals surface area (Å²) in [5.74, 6) is 0.00575. The molecule has 29 heavy (non-hydrogen) atoms. The molecule has 5 nitrogen and oxygen atoms in total. The number of ether oxygens (including phenoxy) is 1. The molecule has 2 aromatic rings. The third kappa shape index (κ3) is 5.62. The van der Waals surface area contributed by atoms with Crippen LogP contribution in [0.3, 0.4) is 0 Å². The number of aromatic nitrogens is 1. The molecule has 1 aliphatic rings. The summed E-state index contributed by atoms with van der Waals surface area (Å²) in [4.78, 5) is 15.8. The van der Waals surface area contributed by atoms with Crippen LogP contribution >= 0.6 is 0 Å². The normalized spacial score (nSPS) is 14.1. The fourth-order valence-electron chi connectivity index (χ4n) is 2.97. The van der Waals surface area contributed by atoms with Gasteiger partial charge >= 0.3 is 12.1 Å². The predicted octanol–water partition coefficient (Wildman–Crippen LogP) is 5.39. The molecule has 0 unspecified atom stereocenters. The number of hydrogen-bond acceptors (Lipinski definition) is 4. The molecular weight excluding hydrogens is 385 g/mol. The fraction of sp³-hybridized carbons (Fsp3) is 0.429. The molecular formula is C21H23F3N2O3. The second kappa shape index (κ2) is 8.31. The number of aromatic carboxylic acids is 1. The molecule has 1 saturated carbocycles. The van der Waals surface area contributed by atoms with Gasteiger partial charge in [-0.1, -0.05) is 19.9 Å². The molecule has 8 heteroatoms. The molecule has 0 atom stereocenters. The predicted molar refractivity (Wildman–Crippen MR) is 103 cm³/mol. The quantitative estimate of drug-likeness (QED) is 0.634. The first-order chi connectivity index (χ1) is 13.6. The number of carboxylic acid groups (broad SMARTS) is 1. The van der Waals surface area contributed by atoms with E-state index < -0.39 is 18.7 Å². The second-order valence-electron chi connectivity index (χ2n) is 7.54. The van der Waals surface area contributed by atoms with Gasteiger partial charge in [-0.05, 0) is 48.4 Å². The Labute approximate surface area is 167 Å². The standard InChI is InChI=1S/C21H23F3N2O3/c1-13(2)17-7-5-15(9-19(17)29-11-14-3-4-14)26(12-21(22,23)24)16-6-8-18(20(27)28)25-10-16/h5-10,13-14H,3-4,11-12H2,1-2H3,(H,27,28). The lowest BCUT2D eigenvalue weighted by molar-refractivity contribution is -0.118. The summed E-state index contributed by atoms with van der Waals surface area (Å²) in [5, 5.41) is 8.97. The van der Waals surface area contributed by atoms with Crippen LogP contribution in [-0.2, 0) is 0 Å². The number of anilines is 2. The number of halogens is 3. The first kappa shape index (κ1) is 21.0. The number of carbonyl (C=O) groups is 1. The van der Waals surface area contributed by atoms with Gasteiger partial charge in [0.15, 0.2) is 0 Å². The van der Waals surface area contributed by atoms with Crippen molar-refractivity contribution in [1.82, 2.24) is 4.98 Å². The molecule has 0 aliphatic heterocycles. The third-order valence-corrected chi connectivity index (χ3v) is 4.72. The summed E-state index contributed by atoms with van der Waals surface area (Å²) in [5.41, 5.74) is 1.16. The zero-order valence-corrected chi connectivity index (χ0v) is 16.2. The van der Waals surface area contributed by atoms with E-state index in [0.717, 1.165) is 29.5 Å². The van der Waals surface area contributed by atoms with Crippen LogP contribution in [-0.4, -0.2) is 35.4 Å². The Kier molecular flexibility index (Phi) is 6.00. The largest absolute Gasteiger partial charge is 0.493 e. The van der Waals surface area contributed by atoms with Gasteiger partial charge in [0.1, 0.15) is 18.0 Å². The van der Waals surface area contributed by atoms with Gasteiger partial charge in [-0.2, -0.15) is 13.2 Å². The minimum absolute atomic E-state index is 0.151. The summed E-state index contributed by atoms with van der Waals surface area (Å²) in [6, 6.07) is 7.53. The number of pyridine rings is 1. The van der Waals surface area contributed by atoms with E-state index in [2.05, 4.69) is 4.98 Å². The lowest BCUT2D eigenvalue weighted by atomic mass is 10.0. The monoisotopic (exact) mass is 408 g/mol. The maximum atomic E-state index is 13.3. The molecule has 1 aliphatic carbocycles. The van der Waals surface area contributed by atoms with Crippen LogP contribution in [0.4, 0.5) is 24.5 Å². The van der Waals surface area contributed by atoms with Gasteiger partial charge in [0.25, 0.3) is 0 Å². The highest BCUT2D eigenvalue weighted by Gasteiger charge is 2.32. The third-order valence-electron chi connectivity index (χ3n) is 4.72. The SMILES string of the molecule is CC(C)c1ccc(N(CC(F)(F)F)c2ccc(C(=O)O)nc2)cc1OCC1CC1. The lowest BCUT2D eigenvalue weighted by Gasteiger charge is -2.27. The van der Waals surface area contributed by atoms with E-state index in [0.29, 0.717) is 24.0 Å². The minimum atomic E-state index is -4.46. The van der Waals surface area contributed by atoms with Crippen molar-refractivity contribution in [2.24, 2.45) is 5.92 Å². The maximum Gasteiger partial charge on any atom is 0.406 e. The summed E-state index contributed by atoms with van der Waals surface area (Å²) in [7, 11) is 0. The molecule has 1 fully saturated rings. The van der Waals surface area contributed by atoms with Crippen molar-refractivity contribution in [2.45, 2.75) is 38.8 Å². The Hall–Kier alpha value is -2.77. The minimum Gasteiger partial charge on any atom is -0.493 e. The van der Waals surface area contributed by atoms with E-state index in [1.54, 1.807) is 18.2 Å². The highest BCUT2D eigenvalue weighted by molar-refractivity contribution is 5.85. The van der Waals surface area contributed by atoms with Crippen molar-refractivity contribution in [1.29, 1.82) is 0 Å². The van der Waals surface area contributed by atoms with Crippen LogP contribution < -0.4 is 9.64 Å². The Balaban J connectivity index is 1.97. The van der Waals surface area contributed by atoms with Gasteiger partial charge in [0.2, 0.25) is 0 Å². The molecule has 0 saturated heterocycles. The lowest BCUT2D eigenvalue weighted by Crippen LogP contribution is -2.30. The van der Waals surface area contributed by atoms with Gasteiger partial charge in [0, 0.05) is 11.8 Å². The molecule has 0 radical (unpaired) electrons. The van der Waals surface area contributed by atoms with Gasteiger partial charge in [-0.15, -0.1) is 0 Å². The maximum absolute atomic E-state index is 13.3. The highest BCUT2D eigenvalue weighted by atomic mass is 19.4. The Bertz CT molecular complexity index is 862. The van der Waals surface area contributed by atoms with Crippen LogP contribution in [0.5, 0.6) is 5.75 Å². The van der Waals surface area contributed by atoms with Crippen LogP contribution in [0, 0.1) is 5.92 Å². The zero-order valence-electron chi connectivity index (χ0n) is 16.2. The number of carboxylic acids is 1. The summed E-state index contributed by atoms with van der Waals surface area (Å²) in [6.07, 6.45) is -1.11. The van der Waals surface area contributed by atoms with Crippen LogP contribution in [0.15, 0.2) is 36.5 Å². The number of benzene rings is 1. The Morgan fingerprint density at radius 3 is 2.45 bits per heavy atom. The number of nitrogens with zero attached hydrogens (tertiary/aromatic N) is 2. The van der Waals surface area contributed by atoms with Crippen molar-refractivity contribution < 1.29 is 27.8 Å². The Morgan fingerprint density at radius 2 is 1.93 bits per heavy atom. The topological polar surface area (TPSA) is 62.7 Å². The molecule has 1 heterocycles.